The molecule has 1 aromatic rings. The number of nitrogens with zero attached hydrogens (tertiary/aromatic N) is 1. The van der Waals surface area contributed by atoms with Crippen molar-refractivity contribution in [2.45, 2.75) is 34.1 Å². The highest BCUT2D eigenvalue weighted by Crippen LogP contribution is 2.13. The molecular formula is C15H24N2O. The SMILES string of the molecule is CCN(CC)CCC(=O)Nc1cc(C)cc(C)c1. The predicted molar refractivity (Wildman–Crippen MR) is 77.0 cm³/mol. The van der Waals surface area contributed by atoms with Gasteiger partial charge in [0.25, 0.3) is 0 Å². The van der Waals surface area contributed by atoms with Crippen molar-refractivity contribution in [1.29, 1.82) is 0 Å². The molecule has 0 aromatic heterocycles. The van der Waals surface area contributed by atoms with E-state index in [0.29, 0.717) is 6.42 Å². The molecule has 0 aliphatic heterocycles. The minimum atomic E-state index is 0.0897. The van der Waals surface area contributed by atoms with Crippen LogP contribution >= 0.6 is 0 Å². The quantitative estimate of drug-likeness (QED) is 0.839. The number of anilines is 1. The van der Waals surface area contributed by atoms with E-state index in [1.54, 1.807) is 0 Å². The maximum atomic E-state index is 11.8. The Kier molecular flexibility index (Phi) is 5.86. The Balaban J connectivity index is 2.49. The Morgan fingerprint density at radius 3 is 2.17 bits per heavy atom. The third kappa shape index (κ3) is 4.88. The van der Waals surface area contributed by atoms with Crippen molar-refractivity contribution in [3.8, 4) is 0 Å². The van der Waals surface area contributed by atoms with Gasteiger partial charge >= 0.3 is 0 Å². The highest BCUT2D eigenvalue weighted by Gasteiger charge is 2.06. The largest absolute Gasteiger partial charge is 0.326 e. The summed E-state index contributed by atoms with van der Waals surface area (Å²) >= 11 is 0. The van der Waals surface area contributed by atoms with Gasteiger partial charge in [-0.05, 0) is 50.2 Å². The maximum absolute atomic E-state index is 11.8. The first-order chi connectivity index (χ1) is 8.55. The second-order valence-corrected chi connectivity index (χ2v) is 4.70. The number of rotatable bonds is 6. The minimum absolute atomic E-state index is 0.0897. The van der Waals surface area contributed by atoms with Crippen LogP contribution in [0.3, 0.4) is 0 Å². The van der Waals surface area contributed by atoms with E-state index in [9.17, 15) is 4.79 Å². The van der Waals surface area contributed by atoms with Crippen LogP contribution in [-0.2, 0) is 4.79 Å². The Hall–Kier alpha value is -1.35. The first kappa shape index (κ1) is 14.7. The van der Waals surface area contributed by atoms with E-state index >= 15 is 0 Å². The molecule has 0 unspecified atom stereocenters. The standard InChI is InChI=1S/C15H24N2O/c1-5-17(6-2)8-7-15(18)16-14-10-12(3)9-13(4)11-14/h9-11H,5-8H2,1-4H3,(H,16,18). The van der Waals surface area contributed by atoms with Crippen molar-refractivity contribution < 1.29 is 4.79 Å². The fraction of sp³-hybridized carbons (Fsp3) is 0.533. The van der Waals surface area contributed by atoms with Crippen LogP contribution < -0.4 is 5.32 Å². The van der Waals surface area contributed by atoms with Gasteiger partial charge in [-0.15, -0.1) is 0 Å². The van der Waals surface area contributed by atoms with Crippen LogP contribution in [0, 0.1) is 13.8 Å². The lowest BCUT2D eigenvalue weighted by molar-refractivity contribution is -0.116. The monoisotopic (exact) mass is 248 g/mol. The maximum Gasteiger partial charge on any atom is 0.225 e. The fourth-order valence-corrected chi connectivity index (χ4v) is 2.07. The van der Waals surface area contributed by atoms with Crippen LogP contribution in [0.25, 0.3) is 0 Å². The molecule has 0 heterocycles. The topological polar surface area (TPSA) is 32.3 Å². The molecule has 0 spiro atoms. The molecule has 0 fully saturated rings. The lowest BCUT2D eigenvalue weighted by Gasteiger charge is -2.17. The molecule has 18 heavy (non-hydrogen) atoms. The summed E-state index contributed by atoms with van der Waals surface area (Å²) in [5.74, 6) is 0.0897. The first-order valence-electron chi connectivity index (χ1n) is 6.65. The number of amides is 1. The van der Waals surface area contributed by atoms with Gasteiger partial charge in [0.15, 0.2) is 0 Å². The van der Waals surface area contributed by atoms with Gasteiger partial charge in [0.1, 0.15) is 0 Å². The summed E-state index contributed by atoms with van der Waals surface area (Å²) in [6, 6.07) is 6.11. The molecular weight excluding hydrogens is 224 g/mol. The molecule has 100 valence electrons. The van der Waals surface area contributed by atoms with Crippen molar-refractivity contribution in [1.82, 2.24) is 4.90 Å². The molecule has 1 rings (SSSR count). The van der Waals surface area contributed by atoms with Crippen LogP contribution in [0.4, 0.5) is 5.69 Å². The second kappa shape index (κ2) is 7.17. The summed E-state index contributed by atoms with van der Waals surface area (Å²) in [5.41, 5.74) is 3.25. The Bertz CT molecular complexity index is 377. The van der Waals surface area contributed by atoms with Gasteiger partial charge in [-0.3, -0.25) is 4.79 Å². The van der Waals surface area contributed by atoms with E-state index in [-0.39, 0.29) is 5.91 Å². The fourth-order valence-electron chi connectivity index (χ4n) is 2.07. The Morgan fingerprint density at radius 2 is 1.67 bits per heavy atom. The number of carbonyl (C=O) groups is 1. The van der Waals surface area contributed by atoms with E-state index in [0.717, 1.165) is 25.3 Å². The summed E-state index contributed by atoms with van der Waals surface area (Å²) in [5, 5.41) is 2.96. The minimum Gasteiger partial charge on any atom is -0.326 e. The Morgan fingerprint density at radius 1 is 1.11 bits per heavy atom. The van der Waals surface area contributed by atoms with E-state index in [2.05, 4.69) is 30.1 Å². The molecule has 1 N–H and O–H groups in total. The van der Waals surface area contributed by atoms with Gasteiger partial charge in [0.2, 0.25) is 5.91 Å². The van der Waals surface area contributed by atoms with Gasteiger partial charge in [0.05, 0.1) is 0 Å². The molecule has 1 amide bonds. The van der Waals surface area contributed by atoms with Crippen molar-refractivity contribution in [2.24, 2.45) is 0 Å². The normalized spacial score (nSPS) is 10.7. The number of aryl methyl sites for hydroxylation is 2. The summed E-state index contributed by atoms with van der Waals surface area (Å²) in [6.45, 7) is 11.1. The van der Waals surface area contributed by atoms with Crippen LogP contribution in [0.1, 0.15) is 31.4 Å². The summed E-state index contributed by atoms with van der Waals surface area (Å²) < 4.78 is 0. The van der Waals surface area contributed by atoms with Crippen molar-refractivity contribution in [3.63, 3.8) is 0 Å². The lowest BCUT2D eigenvalue weighted by Crippen LogP contribution is -2.27. The third-order valence-electron chi connectivity index (χ3n) is 3.05. The van der Waals surface area contributed by atoms with E-state index in [4.69, 9.17) is 0 Å². The van der Waals surface area contributed by atoms with Gasteiger partial charge in [-0.25, -0.2) is 0 Å². The summed E-state index contributed by atoms with van der Waals surface area (Å²) in [7, 11) is 0. The third-order valence-corrected chi connectivity index (χ3v) is 3.05. The van der Waals surface area contributed by atoms with Crippen LogP contribution in [0.2, 0.25) is 0 Å². The van der Waals surface area contributed by atoms with Crippen molar-refractivity contribution >= 4 is 11.6 Å². The molecule has 0 atom stereocenters. The molecule has 0 saturated heterocycles. The average molecular weight is 248 g/mol. The highest BCUT2D eigenvalue weighted by atomic mass is 16.1. The van der Waals surface area contributed by atoms with E-state index in [1.807, 2.05) is 26.0 Å². The van der Waals surface area contributed by atoms with E-state index in [1.165, 1.54) is 11.1 Å². The molecule has 0 aliphatic carbocycles. The van der Waals surface area contributed by atoms with Gasteiger partial charge < -0.3 is 10.2 Å². The number of hydrogen-bond acceptors (Lipinski definition) is 2. The van der Waals surface area contributed by atoms with Crippen molar-refractivity contribution in [3.05, 3.63) is 29.3 Å². The average Bonchev–Trinajstić information content (AvgIpc) is 2.28. The molecule has 0 saturated carbocycles. The first-order valence-corrected chi connectivity index (χ1v) is 6.65. The molecule has 0 bridgehead atoms. The summed E-state index contributed by atoms with van der Waals surface area (Å²) in [6.07, 6.45) is 0.550. The molecule has 3 heteroatoms. The van der Waals surface area contributed by atoms with Crippen LogP contribution in [0.5, 0.6) is 0 Å². The lowest BCUT2D eigenvalue weighted by atomic mass is 10.1. The summed E-state index contributed by atoms with van der Waals surface area (Å²) in [4.78, 5) is 14.1. The number of benzene rings is 1. The molecule has 0 radical (unpaired) electrons. The van der Waals surface area contributed by atoms with Gasteiger partial charge in [-0.2, -0.15) is 0 Å². The van der Waals surface area contributed by atoms with Crippen LogP contribution in [-0.4, -0.2) is 30.4 Å². The number of carbonyl (C=O) groups excluding carboxylic acids is 1. The second-order valence-electron chi connectivity index (χ2n) is 4.70. The Labute approximate surface area is 110 Å². The smallest absolute Gasteiger partial charge is 0.225 e. The number of hydrogen-bond donors (Lipinski definition) is 1. The van der Waals surface area contributed by atoms with Crippen LogP contribution in [0.15, 0.2) is 18.2 Å². The van der Waals surface area contributed by atoms with E-state index < -0.39 is 0 Å². The molecule has 3 nitrogen and oxygen atoms in total. The number of nitrogens with one attached hydrogen (secondary N) is 1. The zero-order chi connectivity index (χ0) is 13.5. The zero-order valence-corrected chi connectivity index (χ0v) is 11.9. The highest BCUT2D eigenvalue weighted by molar-refractivity contribution is 5.91. The van der Waals surface area contributed by atoms with Crippen molar-refractivity contribution in [2.75, 3.05) is 25.0 Å². The molecule has 0 aliphatic rings. The van der Waals surface area contributed by atoms with Gasteiger partial charge in [0, 0.05) is 18.7 Å². The zero-order valence-electron chi connectivity index (χ0n) is 11.9. The molecule has 1 aromatic carbocycles. The van der Waals surface area contributed by atoms with Gasteiger partial charge in [-0.1, -0.05) is 19.9 Å². The predicted octanol–water partition coefficient (Wildman–Crippen LogP) is 2.97.